The first kappa shape index (κ1) is 26.8. The van der Waals surface area contributed by atoms with Gasteiger partial charge < -0.3 is 19.1 Å². The maximum atomic E-state index is 11.6. The smallest absolute Gasteiger partial charge is 0.335 e. The van der Waals surface area contributed by atoms with Crippen molar-refractivity contribution in [2.75, 3.05) is 19.7 Å². The summed E-state index contributed by atoms with van der Waals surface area (Å²) in [6.45, 7) is 4.02. The van der Waals surface area contributed by atoms with Gasteiger partial charge in [-0.15, -0.1) is 0 Å². The fourth-order valence-corrected chi connectivity index (χ4v) is 5.65. The summed E-state index contributed by atoms with van der Waals surface area (Å²) in [4.78, 5) is 23.5. The predicted octanol–water partition coefficient (Wildman–Crippen LogP) is 6.09. The molecular formula is C30H28Cl2N4O4. The van der Waals surface area contributed by atoms with E-state index in [1.165, 1.54) is 5.57 Å². The van der Waals surface area contributed by atoms with Gasteiger partial charge in [0.05, 0.1) is 41.5 Å². The molecule has 2 aromatic carbocycles. The maximum absolute atomic E-state index is 11.6. The van der Waals surface area contributed by atoms with E-state index >= 15 is 0 Å². The molecular weight excluding hydrogens is 551 g/mol. The maximum Gasteiger partial charge on any atom is 0.335 e. The lowest BCUT2D eigenvalue weighted by atomic mass is 10.0. The van der Waals surface area contributed by atoms with Gasteiger partial charge in [0, 0.05) is 35.8 Å². The number of aromatic carboxylic acids is 1. The van der Waals surface area contributed by atoms with Gasteiger partial charge >= 0.3 is 5.97 Å². The highest BCUT2D eigenvalue weighted by Crippen LogP contribution is 2.27. The van der Waals surface area contributed by atoms with Crippen molar-refractivity contribution in [3.05, 3.63) is 93.4 Å². The molecule has 1 atom stereocenters. The normalized spacial score (nSPS) is 17.4. The van der Waals surface area contributed by atoms with Gasteiger partial charge in [-0.3, -0.25) is 4.90 Å². The fourth-order valence-electron chi connectivity index (χ4n) is 5.08. The molecule has 2 aromatic heterocycles. The first-order valence-corrected chi connectivity index (χ1v) is 14.0. The van der Waals surface area contributed by atoms with E-state index < -0.39 is 5.97 Å². The second-order valence-corrected chi connectivity index (χ2v) is 10.9. The first-order chi connectivity index (χ1) is 19.4. The number of carboxylic acid groups (broad SMARTS) is 1. The van der Waals surface area contributed by atoms with Gasteiger partial charge in [-0.2, -0.15) is 0 Å². The van der Waals surface area contributed by atoms with Gasteiger partial charge in [-0.05, 0) is 66.4 Å². The van der Waals surface area contributed by atoms with Gasteiger partial charge in [0.25, 0.3) is 0 Å². The minimum atomic E-state index is -0.943. The zero-order chi connectivity index (χ0) is 27.6. The Morgan fingerprint density at radius 3 is 2.62 bits per heavy atom. The topological polar surface area (TPSA) is 89.7 Å². The van der Waals surface area contributed by atoms with Crippen molar-refractivity contribution in [2.24, 2.45) is 0 Å². The van der Waals surface area contributed by atoms with Crippen LogP contribution >= 0.6 is 23.2 Å². The third-order valence-corrected chi connectivity index (χ3v) is 7.71. The molecule has 0 aliphatic carbocycles. The summed E-state index contributed by atoms with van der Waals surface area (Å²) in [5.41, 5.74) is 4.85. The van der Waals surface area contributed by atoms with Gasteiger partial charge in [0.2, 0.25) is 5.88 Å². The monoisotopic (exact) mass is 578 g/mol. The number of rotatable bonds is 9. The predicted molar refractivity (Wildman–Crippen MR) is 154 cm³/mol. The third kappa shape index (κ3) is 6.00. The van der Waals surface area contributed by atoms with Crippen LogP contribution in [0.2, 0.25) is 10.0 Å². The molecule has 40 heavy (non-hydrogen) atoms. The number of halogens is 2. The Kier molecular flexibility index (Phi) is 7.76. The Morgan fingerprint density at radius 1 is 1.10 bits per heavy atom. The molecule has 0 unspecified atom stereocenters. The lowest BCUT2D eigenvalue weighted by Crippen LogP contribution is -2.33. The molecule has 0 radical (unpaired) electrons. The summed E-state index contributed by atoms with van der Waals surface area (Å²) in [5, 5.41) is 10.6. The van der Waals surface area contributed by atoms with Crippen molar-refractivity contribution in [1.82, 2.24) is 19.4 Å². The second kappa shape index (κ2) is 11.6. The summed E-state index contributed by atoms with van der Waals surface area (Å²) in [6, 6.07) is 16.3. The Hall–Kier alpha value is -3.43. The molecule has 4 heterocycles. The van der Waals surface area contributed by atoms with Crippen molar-refractivity contribution >= 4 is 45.8 Å². The summed E-state index contributed by atoms with van der Waals surface area (Å²) < 4.78 is 13.7. The molecule has 206 valence electrons. The van der Waals surface area contributed by atoms with E-state index in [1.54, 1.807) is 24.3 Å². The van der Waals surface area contributed by atoms with E-state index in [1.807, 2.05) is 30.3 Å². The number of hydrogen-bond acceptors (Lipinski definition) is 6. The van der Waals surface area contributed by atoms with Crippen LogP contribution in [0.15, 0.2) is 60.7 Å². The number of nitrogens with zero attached hydrogens (tertiary/aromatic N) is 4. The minimum Gasteiger partial charge on any atom is -0.478 e. The molecule has 0 spiro atoms. The highest BCUT2D eigenvalue weighted by atomic mass is 35.5. The van der Waals surface area contributed by atoms with Crippen LogP contribution in [0.25, 0.3) is 16.6 Å². The third-order valence-electron chi connectivity index (χ3n) is 7.27. The molecule has 4 aromatic rings. The number of carboxylic acids is 1. The van der Waals surface area contributed by atoms with E-state index in [-0.39, 0.29) is 11.7 Å². The molecule has 0 amide bonds. The van der Waals surface area contributed by atoms with E-state index in [9.17, 15) is 9.90 Å². The largest absolute Gasteiger partial charge is 0.478 e. The van der Waals surface area contributed by atoms with E-state index in [0.717, 1.165) is 60.7 Å². The van der Waals surface area contributed by atoms with Crippen molar-refractivity contribution < 1.29 is 19.4 Å². The number of aromatic nitrogens is 3. The Labute approximate surface area is 241 Å². The lowest BCUT2D eigenvalue weighted by Gasteiger charge is -2.29. The summed E-state index contributed by atoms with van der Waals surface area (Å²) in [6.07, 6.45) is 4.18. The number of pyridine rings is 1. The molecule has 1 fully saturated rings. The molecule has 6 rings (SSSR count). The Bertz CT molecular complexity index is 1580. The molecule has 8 nitrogen and oxygen atoms in total. The molecule has 2 aliphatic rings. The zero-order valence-corrected chi connectivity index (χ0v) is 23.2. The van der Waals surface area contributed by atoms with Crippen LogP contribution < -0.4 is 4.74 Å². The minimum absolute atomic E-state index is 0.133. The highest BCUT2D eigenvalue weighted by molar-refractivity contribution is 6.34. The molecule has 2 aliphatic heterocycles. The van der Waals surface area contributed by atoms with Crippen molar-refractivity contribution in [3.63, 3.8) is 0 Å². The Morgan fingerprint density at radius 2 is 1.93 bits per heavy atom. The molecule has 10 heteroatoms. The quantitative estimate of drug-likeness (QED) is 0.257. The van der Waals surface area contributed by atoms with Crippen LogP contribution in [0, 0.1) is 0 Å². The van der Waals surface area contributed by atoms with E-state index in [4.69, 9.17) is 42.6 Å². The molecule has 0 saturated carbocycles. The number of ether oxygens (including phenoxy) is 2. The lowest BCUT2D eigenvalue weighted by molar-refractivity contribution is -0.0591. The average molecular weight is 579 g/mol. The number of carbonyl (C=O) groups is 1. The number of imidazole rings is 1. The number of fused-ring (bicyclic) bond motifs is 1. The zero-order valence-electron chi connectivity index (χ0n) is 21.7. The molecule has 0 bridgehead atoms. The Balaban J connectivity index is 1.15. The standard InChI is InChI=1S/C30H28Cl2N4O4/c31-22-12-19(13-23(32)15-22)18-40-29-3-1-2-25(34-29)20-6-9-35(10-7-20)17-28-33-26-5-4-21(30(37)38)14-27(26)36(28)16-24-8-11-39-24/h1-6,12-15,24H,7-11,16-18H2,(H,37,38)/t24-/m0/s1. The first-order valence-electron chi connectivity index (χ1n) is 13.2. The van der Waals surface area contributed by atoms with Crippen molar-refractivity contribution in [3.8, 4) is 5.88 Å². The average Bonchev–Trinajstić information content (AvgIpc) is 3.25. The fraction of sp³-hybridized carbons (Fsp3) is 0.300. The van der Waals surface area contributed by atoms with Crippen LogP contribution in [0.4, 0.5) is 0 Å². The highest BCUT2D eigenvalue weighted by Gasteiger charge is 2.24. The summed E-state index contributed by atoms with van der Waals surface area (Å²) >= 11 is 12.2. The number of benzene rings is 2. The summed E-state index contributed by atoms with van der Waals surface area (Å²) in [5.74, 6) is 0.519. The number of hydrogen-bond donors (Lipinski definition) is 1. The summed E-state index contributed by atoms with van der Waals surface area (Å²) in [7, 11) is 0. The van der Waals surface area contributed by atoms with Crippen LogP contribution in [0.5, 0.6) is 5.88 Å². The van der Waals surface area contributed by atoms with Gasteiger partial charge in [0.15, 0.2) is 0 Å². The molecule has 1 saturated heterocycles. The van der Waals surface area contributed by atoms with Crippen LogP contribution in [-0.2, 0) is 24.4 Å². The SMILES string of the molecule is O=C(O)c1ccc2nc(CN3CC=C(c4cccc(OCc5cc(Cl)cc(Cl)c5)n4)CC3)n(C[C@@H]3CCO3)c2c1. The van der Waals surface area contributed by atoms with Gasteiger partial charge in [0.1, 0.15) is 12.4 Å². The van der Waals surface area contributed by atoms with Gasteiger partial charge in [-0.1, -0.05) is 35.3 Å². The van der Waals surface area contributed by atoms with E-state index in [0.29, 0.717) is 35.6 Å². The van der Waals surface area contributed by atoms with Crippen LogP contribution in [0.1, 0.15) is 40.3 Å². The van der Waals surface area contributed by atoms with Crippen molar-refractivity contribution in [1.29, 1.82) is 0 Å². The van der Waals surface area contributed by atoms with Crippen LogP contribution in [-0.4, -0.2) is 56.3 Å². The van der Waals surface area contributed by atoms with E-state index in [2.05, 4.69) is 15.5 Å². The van der Waals surface area contributed by atoms with Crippen LogP contribution in [0.3, 0.4) is 0 Å². The second-order valence-electron chi connectivity index (χ2n) is 10.1. The van der Waals surface area contributed by atoms with Gasteiger partial charge in [-0.25, -0.2) is 14.8 Å². The molecule has 1 N–H and O–H groups in total. The van der Waals surface area contributed by atoms with Crippen molar-refractivity contribution in [2.45, 2.75) is 38.6 Å².